The predicted octanol–water partition coefficient (Wildman–Crippen LogP) is 3.52. The Bertz CT molecular complexity index is 813. The Balaban J connectivity index is 0.00000225. The molecule has 7 heteroatoms. The van der Waals surface area contributed by atoms with Gasteiger partial charge in [0.2, 0.25) is 0 Å². The van der Waals surface area contributed by atoms with Crippen molar-refractivity contribution in [3.8, 4) is 0 Å². The molecule has 4 rings (SSSR count). The lowest BCUT2D eigenvalue weighted by Gasteiger charge is -2.25. The lowest BCUT2D eigenvalue weighted by molar-refractivity contribution is 0.0759. The first-order valence-electron chi connectivity index (χ1n) is 9.55. The Morgan fingerprint density at radius 2 is 1.75 bits per heavy atom. The molecule has 28 heavy (non-hydrogen) atoms. The van der Waals surface area contributed by atoms with Crippen molar-refractivity contribution in [2.24, 2.45) is 11.8 Å². The van der Waals surface area contributed by atoms with Gasteiger partial charge in [-0.15, -0.1) is 23.7 Å². The van der Waals surface area contributed by atoms with Crippen molar-refractivity contribution in [2.45, 2.75) is 12.8 Å². The smallest absolute Gasteiger partial charge is 0.268 e. The van der Waals surface area contributed by atoms with E-state index in [1.165, 1.54) is 11.3 Å². The summed E-state index contributed by atoms with van der Waals surface area (Å²) in [6.07, 6.45) is 2.10. The molecule has 1 N–H and O–H groups in total. The van der Waals surface area contributed by atoms with Gasteiger partial charge >= 0.3 is 0 Å². The van der Waals surface area contributed by atoms with Crippen LogP contribution in [0, 0.1) is 11.8 Å². The van der Waals surface area contributed by atoms with E-state index in [4.69, 9.17) is 0 Å². The normalized spacial score (nSPS) is 21.4. The van der Waals surface area contributed by atoms with E-state index >= 15 is 0 Å². The molecule has 2 fully saturated rings. The SMILES string of the molecule is CN(C(=O)c1cccs1)c1ccccc1C(=O)N1CC[C@@H]2CNC[C@@H]2CC1.Cl. The molecule has 0 saturated carbocycles. The summed E-state index contributed by atoms with van der Waals surface area (Å²) in [4.78, 5) is 30.3. The molecule has 3 heterocycles. The molecule has 150 valence electrons. The summed E-state index contributed by atoms with van der Waals surface area (Å²) in [5, 5.41) is 5.36. The highest BCUT2D eigenvalue weighted by atomic mass is 35.5. The van der Waals surface area contributed by atoms with Crippen LogP contribution in [0.3, 0.4) is 0 Å². The second-order valence-electron chi connectivity index (χ2n) is 7.41. The molecule has 1 aromatic heterocycles. The molecule has 2 aliphatic rings. The minimum atomic E-state index is -0.0817. The van der Waals surface area contributed by atoms with Crippen molar-refractivity contribution < 1.29 is 9.59 Å². The third kappa shape index (κ3) is 4.09. The van der Waals surface area contributed by atoms with Gasteiger partial charge in [-0.05, 0) is 61.3 Å². The maximum Gasteiger partial charge on any atom is 0.268 e. The molecule has 1 aromatic carbocycles. The largest absolute Gasteiger partial charge is 0.339 e. The van der Waals surface area contributed by atoms with Gasteiger partial charge in [-0.2, -0.15) is 0 Å². The molecule has 2 aliphatic heterocycles. The number of carbonyl (C=O) groups is 2. The molecule has 0 radical (unpaired) electrons. The van der Waals surface area contributed by atoms with Crippen LogP contribution >= 0.6 is 23.7 Å². The number of carbonyl (C=O) groups excluding carboxylic acids is 2. The third-order valence-corrected chi connectivity index (χ3v) is 6.70. The molecular weight excluding hydrogens is 394 g/mol. The minimum absolute atomic E-state index is 0. The van der Waals surface area contributed by atoms with Gasteiger partial charge in [-0.3, -0.25) is 9.59 Å². The maximum absolute atomic E-state index is 13.3. The number of halogens is 1. The van der Waals surface area contributed by atoms with Gasteiger partial charge in [0.25, 0.3) is 11.8 Å². The highest BCUT2D eigenvalue weighted by Gasteiger charge is 2.32. The van der Waals surface area contributed by atoms with Crippen molar-refractivity contribution in [2.75, 3.05) is 38.1 Å². The van der Waals surface area contributed by atoms with E-state index in [9.17, 15) is 9.59 Å². The zero-order valence-electron chi connectivity index (χ0n) is 16.0. The first-order chi connectivity index (χ1) is 13.1. The van der Waals surface area contributed by atoms with Gasteiger partial charge < -0.3 is 15.1 Å². The maximum atomic E-state index is 13.3. The molecule has 2 amide bonds. The topological polar surface area (TPSA) is 52.7 Å². The lowest BCUT2D eigenvalue weighted by atomic mass is 9.92. The Morgan fingerprint density at radius 1 is 1.07 bits per heavy atom. The van der Waals surface area contributed by atoms with Crippen LogP contribution < -0.4 is 10.2 Å². The molecule has 0 spiro atoms. The summed E-state index contributed by atoms with van der Waals surface area (Å²) in [6.45, 7) is 3.72. The average Bonchev–Trinajstić information content (AvgIpc) is 3.35. The van der Waals surface area contributed by atoms with Crippen LogP contribution in [0.4, 0.5) is 5.69 Å². The van der Waals surface area contributed by atoms with E-state index < -0.39 is 0 Å². The number of para-hydroxylation sites is 1. The number of benzene rings is 1. The molecule has 5 nitrogen and oxygen atoms in total. The fraction of sp³-hybridized carbons (Fsp3) is 0.429. The first kappa shape index (κ1) is 20.8. The van der Waals surface area contributed by atoms with E-state index in [-0.39, 0.29) is 24.2 Å². The molecular formula is C21H26ClN3O2S. The summed E-state index contributed by atoms with van der Waals surface area (Å²) in [7, 11) is 1.74. The van der Waals surface area contributed by atoms with Crippen molar-refractivity contribution in [1.82, 2.24) is 10.2 Å². The molecule has 0 bridgehead atoms. The number of fused-ring (bicyclic) bond motifs is 1. The van der Waals surface area contributed by atoms with Gasteiger partial charge in [-0.1, -0.05) is 18.2 Å². The standard InChI is InChI=1S/C21H25N3O2S.ClH/c1-23(21(26)19-7-4-12-27-19)18-6-3-2-5-17(18)20(25)24-10-8-15-13-22-14-16(15)9-11-24;/h2-7,12,15-16,22H,8-11,13-14H2,1H3;1H/t15-,16+;. The van der Waals surface area contributed by atoms with E-state index in [0.717, 1.165) is 39.0 Å². The zero-order valence-corrected chi connectivity index (χ0v) is 17.6. The predicted molar refractivity (Wildman–Crippen MR) is 116 cm³/mol. The van der Waals surface area contributed by atoms with E-state index in [1.807, 2.05) is 46.7 Å². The average molecular weight is 420 g/mol. The number of nitrogens with one attached hydrogen (secondary N) is 1. The van der Waals surface area contributed by atoms with Crippen LogP contribution in [0.25, 0.3) is 0 Å². The number of hydrogen-bond donors (Lipinski definition) is 1. The second kappa shape index (κ2) is 9.07. The number of thiophene rings is 1. The quantitative estimate of drug-likeness (QED) is 0.828. The van der Waals surface area contributed by atoms with Crippen LogP contribution in [0.2, 0.25) is 0 Å². The monoisotopic (exact) mass is 419 g/mol. The number of nitrogens with zero attached hydrogens (tertiary/aromatic N) is 2. The van der Waals surface area contributed by atoms with Crippen molar-refractivity contribution in [3.63, 3.8) is 0 Å². The molecule has 2 aromatic rings. The van der Waals surface area contributed by atoms with Crippen molar-refractivity contribution >= 4 is 41.2 Å². The molecule has 2 atom stereocenters. The van der Waals surface area contributed by atoms with Crippen LogP contribution in [-0.2, 0) is 0 Å². The van der Waals surface area contributed by atoms with Crippen molar-refractivity contribution in [1.29, 1.82) is 0 Å². The van der Waals surface area contributed by atoms with Crippen LogP contribution in [0.5, 0.6) is 0 Å². The number of amides is 2. The minimum Gasteiger partial charge on any atom is -0.339 e. The summed E-state index contributed by atoms with van der Waals surface area (Å²) < 4.78 is 0. The van der Waals surface area contributed by atoms with Gasteiger partial charge in [-0.25, -0.2) is 0 Å². The Morgan fingerprint density at radius 3 is 2.39 bits per heavy atom. The van der Waals surface area contributed by atoms with E-state index in [2.05, 4.69) is 5.32 Å². The Hall–Kier alpha value is -1.89. The van der Waals surface area contributed by atoms with Crippen LogP contribution in [0.1, 0.15) is 32.9 Å². The van der Waals surface area contributed by atoms with Crippen LogP contribution in [-0.4, -0.2) is 49.9 Å². The number of anilines is 1. The number of rotatable bonds is 3. The number of hydrogen-bond acceptors (Lipinski definition) is 4. The summed E-state index contributed by atoms with van der Waals surface area (Å²) in [6, 6.07) is 11.1. The highest BCUT2D eigenvalue weighted by molar-refractivity contribution is 7.12. The summed E-state index contributed by atoms with van der Waals surface area (Å²) in [5.41, 5.74) is 1.28. The fourth-order valence-electron chi connectivity index (χ4n) is 4.21. The summed E-state index contributed by atoms with van der Waals surface area (Å²) in [5.74, 6) is 1.31. The van der Waals surface area contributed by atoms with Gasteiger partial charge in [0.15, 0.2) is 0 Å². The Labute approximate surface area is 176 Å². The third-order valence-electron chi connectivity index (χ3n) is 5.84. The van der Waals surface area contributed by atoms with Crippen molar-refractivity contribution in [3.05, 3.63) is 52.2 Å². The Kier molecular flexibility index (Phi) is 6.75. The first-order valence-corrected chi connectivity index (χ1v) is 10.4. The lowest BCUT2D eigenvalue weighted by Crippen LogP contribution is -2.35. The molecule has 2 saturated heterocycles. The van der Waals surface area contributed by atoms with Gasteiger partial charge in [0.1, 0.15) is 0 Å². The zero-order chi connectivity index (χ0) is 18.8. The second-order valence-corrected chi connectivity index (χ2v) is 8.35. The van der Waals surface area contributed by atoms with Crippen LogP contribution in [0.15, 0.2) is 41.8 Å². The molecule has 0 unspecified atom stereocenters. The molecule has 0 aliphatic carbocycles. The van der Waals surface area contributed by atoms with Gasteiger partial charge in [0, 0.05) is 20.1 Å². The fourth-order valence-corrected chi connectivity index (χ4v) is 4.91. The van der Waals surface area contributed by atoms with E-state index in [0.29, 0.717) is 28.0 Å². The van der Waals surface area contributed by atoms with Gasteiger partial charge in [0.05, 0.1) is 16.1 Å². The summed E-state index contributed by atoms with van der Waals surface area (Å²) >= 11 is 1.42. The highest BCUT2D eigenvalue weighted by Crippen LogP contribution is 2.29. The van der Waals surface area contributed by atoms with E-state index in [1.54, 1.807) is 11.9 Å². The number of likely N-dealkylation sites (tertiary alicyclic amines) is 1.